The van der Waals surface area contributed by atoms with Crippen LogP contribution >= 0.6 is 0 Å². The first-order valence-electron chi connectivity index (χ1n) is 11.0. The van der Waals surface area contributed by atoms with Gasteiger partial charge in [0.25, 0.3) is 0 Å². The van der Waals surface area contributed by atoms with Crippen molar-refractivity contribution in [1.29, 1.82) is 0 Å². The number of benzene rings is 2. The molecule has 2 aromatic rings. The Morgan fingerprint density at radius 1 is 1.03 bits per heavy atom. The third-order valence-electron chi connectivity index (χ3n) is 6.26. The minimum absolute atomic E-state index is 0.0239. The average molecular weight is 437 g/mol. The van der Waals surface area contributed by atoms with E-state index in [-0.39, 0.29) is 43.4 Å². The van der Waals surface area contributed by atoms with E-state index in [0.29, 0.717) is 0 Å². The van der Waals surface area contributed by atoms with Crippen LogP contribution in [-0.4, -0.2) is 42.3 Å². The molecule has 4 rings (SSSR count). The third-order valence-corrected chi connectivity index (χ3v) is 6.26. The molecular weight excluding hydrogens is 408 g/mol. The van der Waals surface area contributed by atoms with E-state index in [9.17, 15) is 14.4 Å². The zero-order chi connectivity index (χ0) is 22.7. The molecular formula is C25H28N2O5. The van der Waals surface area contributed by atoms with Gasteiger partial charge in [0.1, 0.15) is 6.61 Å². The second kappa shape index (κ2) is 9.42. The summed E-state index contributed by atoms with van der Waals surface area (Å²) in [6.07, 6.45) is 1.22. The van der Waals surface area contributed by atoms with Gasteiger partial charge in [0.2, 0.25) is 5.91 Å². The minimum atomic E-state index is -0.924. The number of carbonyl (C=O) groups is 3. The van der Waals surface area contributed by atoms with E-state index >= 15 is 0 Å². The van der Waals surface area contributed by atoms with E-state index in [1.54, 1.807) is 6.92 Å². The average Bonchev–Trinajstić information content (AvgIpc) is 3.58. The summed E-state index contributed by atoms with van der Waals surface area (Å²) in [5, 5.41) is 14.5. The normalized spacial score (nSPS) is 16.4. The number of nitrogens with one attached hydrogen (secondary N) is 2. The van der Waals surface area contributed by atoms with Crippen LogP contribution in [0.2, 0.25) is 0 Å². The van der Waals surface area contributed by atoms with Crippen LogP contribution < -0.4 is 10.6 Å². The van der Waals surface area contributed by atoms with Crippen LogP contribution in [0.25, 0.3) is 11.1 Å². The monoisotopic (exact) mass is 436 g/mol. The van der Waals surface area contributed by atoms with Gasteiger partial charge in [0, 0.05) is 18.5 Å². The molecule has 1 fully saturated rings. The summed E-state index contributed by atoms with van der Waals surface area (Å²) >= 11 is 0. The minimum Gasteiger partial charge on any atom is -0.481 e. The first kappa shape index (κ1) is 21.9. The molecule has 2 aromatic carbocycles. The number of alkyl carbamates (subject to hydrolysis) is 1. The number of ether oxygens (including phenoxy) is 1. The Bertz CT molecular complexity index is 971. The van der Waals surface area contributed by atoms with E-state index in [2.05, 4.69) is 34.9 Å². The van der Waals surface area contributed by atoms with Gasteiger partial charge >= 0.3 is 12.1 Å². The summed E-state index contributed by atoms with van der Waals surface area (Å²) in [4.78, 5) is 35.7. The Kier molecular flexibility index (Phi) is 6.44. The molecule has 0 bridgehead atoms. The van der Waals surface area contributed by atoms with Gasteiger partial charge in [0.15, 0.2) is 0 Å². The lowest BCUT2D eigenvalue weighted by Gasteiger charge is -2.20. The number of carbonyl (C=O) groups excluding carboxylic acids is 2. The molecule has 2 aliphatic rings. The summed E-state index contributed by atoms with van der Waals surface area (Å²) in [7, 11) is 0. The van der Waals surface area contributed by atoms with Gasteiger partial charge < -0.3 is 20.5 Å². The second-order valence-electron chi connectivity index (χ2n) is 8.66. The van der Waals surface area contributed by atoms with Crippen molar-refractivity contribution >= 4 is 18.0 Å². The van der Waals surface area contributed by atoms with E-state index in [0.717, 1.165) is 35.1 Å². The Balaban J connectivity index is 1.27. The van der Waals surface area contributed by atoms with Crippen molar-refractivity contribution in [2.24, 2.45) is 11.8 Å². The second-order valence-corrected chi connectivity index (χ2v) is 8.66. The van der Waals surface area contributed by atoms with Crippen molar-refractivity contribution in [2.45, 2.75) is 38.1 Å². The molecule has 1 saturated carbocycles. The van der Waals surface area contributed by atoms with Crippen molar-refractivity contribution in [3.05, 3.63) is 59.7 Å². The number of hydrogen-bond acceptors (Lipinski definition) is 4. The van der Waals surface area contributed by atoms with Crippen LogP contribution in [0.4, 0.5) is 4.79 Å². The lowest BCUT2D eigenvalue weighted by Crippen LogP contribution is -2.44. The van der Waals surface area contributed by atoms with E-state index in [4.69, 9.17) is 9.84 Å². The van der Waals surface area contributed by atoms with Crippen molar-refractivity contribution in [1.82, 2.24) is 10.6 Å². The van der Waals surface area contributed by atoms with E-state index in [1.807, 2.05) is 24.3 Å². The maximum atomic E-state index is 12.4. The Labute approximate surface area is 187 Å². The van der Waals surface area contributed by atoms with Crippen LogP contribution in [0.5, 0.6) is 0 Å². The number of hydrogen-bond donors (Lipinski definition) is 3. The molecule has 2 atom stereocenters. The highest BCUT2D eigenvalue weighted by Crippen LogP contribution is 2.44. The summed E-state index contributed by atoms with van der Waals surface area (Å²) in [5.74, 6) is -1.47. The van der Waals surface area contributed by atoms with Gasteiger partial charge in [-0.25, -0.2) is 4.79 Å². The summed E-state index contributed by atoms with van der Waals surface area (Å²) < 4.78 is 5.49. The molecule has 168 valence electrons. The zero-order valence-electron chi connectivity index (χ0n) is 18.0. The molecule has 7 heteroatoms. The lowest BCUT2D eigenvalue weighted by atomic mass is 9.98. The van der Waals surface area contributed by atoms with Crippen LogP contribution in [-0.2, 0) is 14.3 Å². The van der Waals surface area contributed by atoms with Crippen LogP contribution in [0.3, 0.4) is 0 Å². The molecule has 2 aliphatic carbocycles. The summed E-state index contributed by atoms with van der Waals surface area (Å²) in [5.41, 5.74) is 4.60. The van der Waals surface area contributed by atoms with Crippen molar-refractivity contribution in [2.75, 3.05) is 13.2 Å². The fourth-order valence-corrected chi connectivity index (χ4v) is 4.33. The third kappa shape index (κ3) is 4.93. The van der Waals surface area contributed by atoms with Gasteiger partial charge in [-0.2, -0.15) is 0 Å². The fraction of sp³-hybridized carbons (Fsp3) is 0.400. The maximum absolute atomic E-state index is 12.4. The highest BCUT2D eigenvalue weighted by Gasteiger charge is 2.34. The molecule has 0 radical (unpaired) electrons. The number of aliphatic carboxylic acids is 1. The lowest BCUT2D eigenvalue weighted by molar-refractivity contribution is -0.138. The molecule has 0 aliphatic heterocycles. The predicted octanol–water partition coefficient (Wildman–Crippen LogP) is 3.53. The smallest absolute Gasteiger partial charge is 0.407 e. The van der Waals surface area contributed by atoms with Gasteiger partial charge in [-0.05, 0) is 41.0 Å². The number of amides is 2. The van der Waals surface area contributed by atoms with Crippen molar-refractivity contribution in [3.63, 3.8) is 0 Å². The van der Waals surface area contributed by atoms with Gasteiger partial charge in [-0.1, -0.05) is 55.5 Å². The number of carboxylic acids is 1. The molecule has 7 nitrogen and oxygen atoms in total. The van der Waals surface area contributed by atoms with Crippen molar-refractivity contribution < 1.29 is 24.2 Å². The number of carboxylic acid groups (broad SMARTS) is 1. The Morgan fingerprint density at radius 3 is 2.19 bits per heavy atom. The standard InChI is InChI=1S/C25H28N2O5/c1-15(24(30)27-22(12-23(28)29)16-10-11-16)13-26-25(31)32-14-21-19-8-4-2-6-17(19)18-7-3-5-9-20(18)21/h2-9,15-16,21-22H,10-14H2,1H3,(H,26,31)(H,27,30)(H,28,29). The predicted molar refractivity (Wildman–Crippen MR) is 119 cm³/mol. The Hall–Kier alpha value is -3.35. The summed E-state index contributed by atoms with van der Waals surface area (Å²) in [6, 6.07) is 15.9. The number of fused-ring (bicyclic) bond motifs is 3. The maximum Gasteiger partial charge on any atom is 0.407 e. The fourth-order valence-electron chi connectivity index (χ4n) is 4.33. The topological polar surface area (TPSA) is 105 Å². The molecule has 0 spiro atoms. The van der Waals surface area contributed by atoms with Crippen LogP contribution in [0.1, 0.15) is 43.2 Å². The molecule has 3 N–H and O–H groups in total. The van der Waals surface area contributed by atoms with Gasteiger partial charge in [-0.3, -0.25) is 9.59 Å². The largest absolute Gasteiger partial charge is 0.481 e. The van der Waals surface area contributed by atoms with E-state index < -0.39 is 18.0 Å². The van der Waals surface area contributed by atoms with Crippen LogP contribution in [0, 0.1) is 11.8 Å². The molecule has 32 heavy (non-hydrogen) atoms. The first-order valence-corrected chi connectivity index (χ1v) is 11.0. The Morgan fingerprint density at radius 2 is 1.62 bits per heavy atom. The SMILES string of the molecule is CC(CNC(=O)OCC1c2ccccc2-c2ccccc21)C(=O)NC(CC(=O)O)C1CC1. The summed E-state index contributed by atoms with van der Waals surface area (Å²) in [6.45, 7) is 2.03. The van der Waals surface area contributed by atoms with E-state index in [1.165, 1.54) is 0 Å². The van der Waals surface area contributed by atoms with Gasteiger partial charge in [-0.15, -0.1) is 0 Å². The van der Waals surface area contributed by atoms with Crippen molar-refractivity contribution in [3.8, 4) is 11.1 Å². The highest BCUT2D eigenvalue weighted by molar-refractivity contribution is 5.81. The molecule has 2 unspecified atom stereocenters. The molecule has 0 saturated heterocycles. The van der Waals surface area contributed by atoms with Gasteiger partial charge in [0.05, 0.1) is 12.3 Å². The molecule has 0 heterocycles. The highest BCUT2D eigenvalue weighted by atomic mass is 16.5. The first-order chi connectivity index (χ1) is 15.4. The zero-order valence-corrected chi connectivity index (χ0v) is 18.0. The van der Waals surface area contributed by atoms with Crippen LogP contribution in [0.15, 0.2) is 48.5 Å². The number of rotatable bonds is 9. The molecule has 2 amide bonds. The quantitative estimate of drug-likeness (QED) is 0.558. The molecule has 0 aromatic heterocycles.